The number of aryl methyl sites for hydroxylation is 2. The number of ether oxygens (including phenoxy) is 2. The molecule has 1 aliphatic carbocycles. The van der Waals surface area contributed by atoms with Crippen LogP contribution in [-0.4, -0.2) is 12.5 Å². The van der Waals surface area contributed by atoms with E-state index in [1.54, 1.807) is 6.07 Å². The van der Waals surface area contributed by atoms with Crippen molar-refractivity contribution in [1.82, 2.24) is 0 Å². The summed E-state index contributed by atoms with van der Waals surface area (Å²) in [4.78, 5) is 13.0. The molecule has 0 saturated carbocycles. The van der Waals surface area contributed by atoms with E-state index in [9.17, 15) is 13.6 Å². The van der Waals surface area contributed by atoms with Gasteiger partial charge >= 0.3 is 6.61 Å². The molecule has 0 fully saturated rings. The van der Waals surface area contributed by atoms with Crippen molar-refractivity contribution < 1.29 is 23.0 Å². The molecule has 0 aliphatic heterocycles. The molecule has 3 aromatic rings. The highest BCUT2D eigenvalue weighted by atomic mass is 35.5. The Morgan fingerprint density at radius 2 is 1.97 bits per heavy atom. The number of fused-ring (bicyclic) bond motifs is 1. The Kier molecular flexibility index (Phi) is 6.20. The average molecular weight is 450 g/mol. The summed E-state index contributed by atoms with van der Waals surface area (Å²) in [5.41, 5.74) is 4.02. The number of alkyl halides is 2. The van der Waals surface area contributed by atoms with Crippen molar-refractivity contribution >= 4 is 34.5 Å². The number of amides is 1. The van der Waals surface area contributed by atoms with Crippen LogP contribution in [0.5, 0.6) is 11.5 Å². The number of hydrogen-bond acceptors (Lipinski definition) is 4. The topological polar surface area (TPSA) is 47.6 Å². The van der Waals surface area contributed by atoms with Crippen molar-refractivity contribution in [1.29, 1.82) is 0 Å². The molecular formula is C22H18ClF2NO3S. The van der Waals surface area contributed by atoms with Gasteiger partial charge in [-0.15, -0.1) is 11.3 Å². The van der Waals surface area contributed by atoms with Crippen LogP contribution in [0.4, 0.5) is 14.5 Å². The van der Waals surface area contributed by atoms with E-state index in [2.05, 4.69) is 22.2 Å². The highest BCUT2D eigenvalue weighted by Crippen LogP contribution is 2.30. The first-order valence-electron chi connectivity index (χ1n) is 9.35. The zero-order chi connectivity index (χ0) is 21.1. The van der Waals surface area contributed by atoms with E-state index in [0.717, 1.165) is 24.2 Å². The van der Waals surface area contributed by atoms with Crippen LogP contribution in [0.1, 0.15) is 32.8 Å². The highest BCUT2D eigenvalue weighted by molar-refractivity contribution is 7.12. The maximum atomic E-state index is 12.5. The van der Waals surface area contributed by atoms with Crippen molar-refractivity contribution in [2.75, 3.05) is 5.32 Å². The number of carbonyl (C=O) groups is 1. The van der Waals surface area contributed by atoms with E-state index in [-0.39, 0.29) is 16.7 Å². The molecule has 2 aromatic carbocycles. The Morgan fingerprint density at radius 3 is 2.77 bits per heavy atom. The fourth-order valence-corrected chi connectivity index (χ4v) is 4.35. The van der Waals surface area contributed by atoms with Gasteiger partial charge in [0.05, 0.1) is 9.90 Å². The zero-order valence-electron chi connectivity index (χ0n) is 15.8. The lowest BCUT2D eigenvalue weighted by atomic mass is 10.1. The van der Waals surface area contributed by atoms with Gasteiger partial charge in [0.2, 0.25) is 0 Å². The van der Waals surface area contributed by atoms with Gasteiger partial charge in [-0.25, -0.2) is 0 Å². The SMILES string of the molecule is O=C(Nc1ccc(OC(F)F)c(Cl)c1)c1cc(COc2ccc3c(c2)CCC3)cs1. The summed E-state index contributed by atoms with van der Waals surface area (Å²) in [7, 11) is 0. The maximum absolute atomic E-state index is 12.5. The number of rotatable bonds is 7. The lowest BCUT2D eigenvalue weighted by Crippen LogP contribution is -2.10. The molecule has 156 valence electrons. The molecule has 0 saturated heterocycles. The van der Waals surface area contributed by atoms with E-state index in [0.29, 0.717) is 17.2 Å². The van der Waals surface area contributed by atoms with Gasteiger partial charge < -0.3 is 14.8 Å². The summed E-state index contributed by atoms with van der Waals surface area (Å²) in [5.74, 6) is 0.364. The Hall–Kier alpha value is -2.64. The summed E-state index contributed by atoms with van der Waals surface area (Å²) in [6, 6.07) is 12.1. The Labute approximate surface area is 181 Å². The van der Waals surface area contributed by atoms with Gasteiger partial charge in [0.15, 0.2) is 0 Å². The van der Waals surface area contributed by atoms with Crippen LogP contribution in [0.3, 0.4) is 0 Å². The molecule has 1 aromatic heterocycles. The quantitative estimate of drug-likeness (QED) is 0.459. The van der Waals surface area contributed by atoms with E-state index in [4.69, 9.17) is 16.3 Å². The van der Waals surface area contributed by atoms with Crippen molar-refractivity contribution in [3.8, 4) is 11.5 Å². The number of carbonyl (C=O) groups excluding carboxylic acids is 1. The predicted octanol–water partition coefficient (Wildman–Crippen LogP) is 6.32. The summed E-state index contributed by atoms with van der Waals surface area (Å²) in [6.45, 7) is -2.60. The monoisotopic (exact) mass is 449 g/mol. The number of halogens is 3. The molecule has 4 nitrogen and oxygen atoms in total. The van der Waals surface area contributed by atoms with Crippen LogP contribution < -0.4 is 14.8 Å². The summed E-state index contributed by atoms with van der Waals surface area (Å²) < 4.78 is 34.8. The maximum Gasteiger partial charge on any atom is 0.387 e. The number of benzene rings is 2. The molecule has 8 heteroatoms. The van der Waals surface area contributed by atoms with Gasteiger partial charge in [-0.3, -0.25) is 4.79 Å². The van der Waals surface area contributed by atoms with E-state index < -0.39 is 6.61 Å². The number of hydrogen-bond donors (Lipinski definition) is 1. The van der Waals surface area contributed by atoms with Crippen molar-refractivity contribution in [3.63, 3.8) is 0 Å². The molecule has 0 atom stereocenters. The minimum atomic E-state index is -2.97. The van der Waals surface area contributed by atoms with Crippen LogP contribution in [0, 0.1) is 0 Å². The second kappa shape index (κ2) is 9.02. The summed E-state index contributed by atoms with van der Waals surface area (Å²) >= 11 is 7.22. The van der Waals surface area contributed by atoms with Crippen LogP contribution in [0.15, 0.2) is 47.8 Å². The van der Waals surface area contributed by atoms with Crippen molar-refractivity contribution in [2.24, 2.45) is 0 Å². The van der Waals surface area contributed by atoms with Crippen LogP contribution >= 0.6 is 22.9 Å². The molecule has 1 amide bonds. The Bertz CT molecular complexity index is 1070. The third kappa shape index (κ3) is 4.91. The first kappa shape index (κ1) is 20.6. The summed E-state index contributed by atoms with van der Waals surface area (Å²) in [6.07, 6.45) is 3.41. The van der Waals surface area contributed by atoms with Crippen LogP contribution in [0.25, 0.3) is 0 Å². The van der Waals surface area contributed by atoms with E-state index in [1.165, 1.54) is 47.1 Å². The molecule has 1 N–H and O–H groups in total. The molecule has 4 rings (SSSR count). The second-order valence-electron chi connectivity index (χ2n) is 6.87. The third-order valence-electron chi connectivity index (χ3n) is 4.76. The number of thiophene rings is 1. The minimum absolute atomic E-state index is 0.0114. The third-order valence-corrected chi connectivity index (χ3v) is 6.03. The standard InChI is InChI=1S/C22H18ClF2NO3S/c23-18-10-16(5-7-19(18)29-22(24)25)26-21(27)20-8-13(12-30-20)11-28-17-6-4-14-2-1-3-15(14)9-17/h4-10,12,22H,1-3,11H2,(H,26,27). The van der Waals surface area contributed by atoms with Crippen molar-refractivity contribution in [3.05, 3.63) is 74.4 Å². The lowest BCUT2D eigenvalue weighted by Gasteiger charge is -2.09. The van der Waals surface area contributed by atoms with Gasteiger partial charge in [-0.1, -0.05) is 17.7 Å². The Balaban J connectivity index is 1.35. The van der Waals surface area contributed by atoms with E-state index >= 15 is 0 Å². The normalized spacial score (nSPS) is 12.7. The molecule has 0 spiro atoms. The number of anilines is 1. The highest BCUT2D eigenvalue weighted by Gasteiger charge is 2.14. The second-order valence-corrected chi connectivity index (χ2v) is 8.19. The van der Waals surface area contributed by atoms with Gasteiger partial charge in [0, 0.05) is 11.3 Å². The molecule has 0 radical (unpaired) electrons. The fourth-order valence-electron chi connectivity index (χ4n) is 3.34. The average Bonchev–Trinajstić information content (AvgIpc) is 3.37. The number of nitrogens with one attached hydrogen (secondary N) is 1. The Morgan fingerprint density at radius 1 is 1.13 bits per heavy atom. The molecule has 0 bridgehead atoms. The van der Waals surface area contributed by atoms with Crippen LogP contribution in [0.2, 0.25) is 5.02 Å². The fraction of sp³-hybridized carbons (Fsp3) is 0.227. The van der Waals surface area contributed by atoms with Gasteiger partial charge in [-0.05, 0) is 72.2 Å². The van der Waals surface area contributed by atoms with E-state index in [1.807, 2.05) is 11.4 Å². The predicted molar refractivity (Wildman–Crippen MR) is 113 cm³/mol. The smallest absolute Gasteiger partial charge is 0.387 e. The largest absolute Gasteiger partial charge is 0.489 e. The van der Waals surface area contributed by atoms with Crippen molar-refractivity contribution in [2.45, 2.75) is 32.5 Å². The first-order valence-corrected chi connectivity index (χ1v) is 10.6. The zero-order valence-corrected chi connectivity index (χ0v) is 17.4. The summed E-state index contributed by atoms with van der Waals surface area (Å²) in [5, 5.41) is 4.56. The molecule has 30 heavy (non-hydrogen) atoms. The van der Waals surface area contributed by atoms with Gasteiger partial charge in [0.1, 0.15) is 18.1 Å². The van der Waals surface area contributed by atoms with Crippen LogP contribution in [-0.2, 0) is 19.4 Å². The molecule has 0 unspecified atom stereocenters. The lowest BCUT2D eigenvalue weighted by molar-refractivity contribution is -0.0497. The molecule has 1 aliphatic rings. The first-order chi connectivity index (χ1) is 14.5. The minimum Gasteiger partial charge on any atom is -0.489 e. The molecular weight excluding hydrogens is 432 g/mol. The van der Waals surface area contributed by atoms with Gasteiger partial charge in [0.25, 0.3) is 5.91 Å². The molecule has 1 heterocycles. The van der Waals surface area contributed by atoms with Gasteiger partial charge in [-0.2, -0.15) is 8.78 Å².